The molecule has 5 heteroatoms. The summed E-state index contributed by atoms with van der Waals surface area (Å²) in [6.45, 7) is 5.09. The van der Waals surface area contributed by atoms with Gasteiger partial charge in [0.2, 0.25) is 0 Å². The maximum atomic E-state index is 12.4. The van der Waals surface area contributed by atoms with Gasteiger partial charge in [-0.1, -0.05) is 30.0 Å². The molecule has 0 radical (unpaired) electrons. The highest BCUT2D eigenvalue weighted by Gasteiger charge is 2.27. The molecule has 0 saturated heterocycles. The van der Waals surface area contributed by atoms with Crippen LogP contribution in [0.25, 0.3) is 0 Å². The Balaban J connectivity index is 2.09. The Labute approximate surface area is 153 Å². The van der Waals surface area contributed by atoms with Gasteiger partial charge < -0.3 is 10.1 Å². The number of carbonyl (C=O) groups is 2. The third-order valence-electron chi connectivity index (χ3n) is 3.78. The van der Waals surface area contributed by atoms with E-state index in [2.05, 4.69) is 28.9 Å². The molecule has 0 heterocycles. The number of amides is 1. The maximum Gasteiger partial charge on any atom is 0.330 e. The first-order chi connectivity index (χ1) is 12.5. The topological polar surface area (TPSA) is 67.8 Å². The molecule has 2 aromatic rings. The zero-order valence-electron chi connectivity index (χ0n) is 14.7. The van der Waals surface area contributed by atoms with E-state index in [1.807, 2.05) is 30.3 Å². The van der Waals surface area contributed by atoms with Crippen LogP contribution in [0, 0.1) is 11.8 Å². The van der Waals surface area contributed by atoms with E-state index in [9.17, 15) is 9.59 Å². The van der Waals surface area contributed by atoms with Crippen molar-refractivity contribution in [3.05, 3.63) is 71.3 Å². The third kappa shape index (κ3) is 5.05. The zero-order chi connectivity index (χ0) is 18.9. The molecule has 0 fully saturated rings. The first-order valence-corrected chi connectivity index (χ1v) is 8.07. The number of ether oxygens (including phenoxy) is 1. The number of nitrogens with one attached hydrogen (secondary N) is 1. The Bertz CT molecular complexity index is 833. The molecule has 0 saturated carbocycles. The predicted octanol–water partition coefficient (Wildman–Crippen LogP) is 2.45. The first kappa shape index (κ1) is 18.9. The summed E-state index contributed by atoms with van der Waals surface area (Å²) in [4.78, 5) is 28.0. The lowest BCUT2D eigenvalue weighted by atomic mass is 10.1. The fraction of sp³-hybridized carbons (Fsp3) is 0.190. The predicted molar refractivity (Wildman–Crippen MR) is 101 cm³/mol. The van der Waals surface area contributed by atoms with E-state index in [0.717, 1.165) is 11.1 Å². The van der Waals surface area contributed by atoms with E-state index in [1.54, 1.807) is 31.2 Å². The number of rotatable bonds is 5. The minimum atomic E-state index is -0.887. The molecule has 2 rings (SSSR count). The van der Waals surface area contributed by atoms with Gasteiger partial charge in [0.1, 0.15) is 6.04 Å². The van der Waals surface area contributed by atoms with E-state index >= 15 is 0 Å². The van der Waals surface area contributed by atoms with Gasteiger partial charge in [-0.05, 0) is 50.0 Å². The van der Waals surface area contributed by atoms with Crippen LogP contribution in [-0.2, 0) is 9.53 Å². The average molecular weight is 348 g/mol. The van der Waals surface area contributed by atoms with Crippen LogP contribution in [0.3, 0.4) is 0 Å². The quantitative estimate of drug-likeness (QED) is 0.513. The number of aliphatic imine (C=N–C) groups is 1. The standard InChI is InChI=1S/C21H20N2O3/c1-15(22-2)19(21(25)26-3)23-20(24)18-13-11-17(12-14-18)10-9-16-7-5-4-6-8-16/h4-8,11-15,19H,2H2,1,3H3,(H,23,24). The largest absolute Gasteiger partial charge is 0.467 e. The van der Waals surface area contributed by atoms with Crippen LogP contribution in [-0.4, -0.2) is 37.8 Å². The molecule has 2 unspecified atom stereocenters. The molecule has 1 N–H and O–H groups in total. The number of hydrogen-bond donors (Lipinski definition) is 1. The fourth-order valence-corrected chi connectivity index (χ4v) is 2.20. The first-order valence-electron chi connectivity index (χ1n) is 8.07. The Morgan fingerprint density at radius 3 is 2.15 bits per heavy atom. The summed E-state index contributed by atoms with van der Waals surface area (Å²) in [5, 5.41) is 2.63. The van der Waals surface area contributed by atoms with Gasteiger partial charge in [-0.3, -0.25) is 9.79 Å². The molecule has 2 atom stereocenters. The Morgan fingerprint density at radius 1 is 1.04 bits per heavy atom. The van der Waals surface area contributed by atoms with Crippen molar-refractivity contribution in [2.45, 2.75) is 19.0 Å². The fourth-order valence-electron chi connectivity index (χ4n) is 2.20. The number of hydrogen-bond acceptors (Lipinski definition) is 4. The third-order valence-corrected chi connectivity index (χ3v) is 3.78. The Kier molecular flexibility index (Phi) is 6.69. The number of benzene rings is 2. The molecule has 0 aliphatic heterocycles. The minimum Gasteiger partial charge on any atom is -0.467 e. The lowest BCUT2D eigenvalue weighted by molar-refractivity contribution is -0.143. The molecule has 0 aromatic heterocycles. The molecule has 5 nitrogen and oxygen atoms in total. The molecule has 0 bridgehead atoms. The van der Waals surface area contributed by atoms with Gasteiger partial charge in [0, 0.05) is 16.7 Å². The summed E-state index contributed by atoms with van der Waals surface area (Å²) >= 11 is 0. The summed E-state index contributed by atoms with van der Waals surface area (Å²) in [6, 6.07) is 15.1. The smallest absolute Gasteiger partial charge is 0.330 e. The van der Waals surface area contributed by atoms with Crippen LogP contribution >= 0.6 is 0 Å². The van der Waals surface area contributed by atoms with Crippen molar-refractivity contribution in [2.24, 2.45) is 4.99 Å². The summed E-state index contributed by atoms with van der Waals surface area (Å²) < 4.78 is 4.71. The molecule has 26 heavy (non-hydrogen) atoms. The van der Waals surface area contributed by atoms with Gasteiger partial charge in [0.25, 0.3) is 5.91 Å². The van der Waals surface area contributed by atoms with E-state index < -0.39 is 24.0 Å². The monoisotopic (exact) mass is 348 g/mol. The SMILES string of the molecule is C=NC(C)C(NC(=O)c1ccc(C#Cc2ccccc2)cc1)C(=O)OC. The van der Waals surface area contributed by atoms with E-state index in [0.29, 0.717) is 5.56 Å². The number of carbonyl (C=O) groups excluding carboxylic acids is 2. The Morgan fingerprint density at radius 2 is 1.62 bits per heavy atom. The second kappa shape index (κ2) is 9.19. The molecule has 0 aliphatic rings. The van der Waals surface area contributed by atoms with Gasteiger partial charge in [0.15, 0.2) is 0 Å². The van der Waals surface area contributed by atoms with Crippen LogP contribution in [0.15, 0.2) is 59.6 Å². The Hall–Kier alpha value is -3.39. The van der Waals surface area contributed by atoms with Crippen molar-refractivity contribution in [1.82, 2.24) is 5.32 Å². The lowest BCUT2D eigenvalue weighted by Crippen LogP contribution is -2.47. The molecular formula is C21H20N2O3. The second-order valence-electron chi connectivity index (χ2n) is 5.59. The van der Waals surface area contributed by atoms with Crippen molar-refractivity contribution < 1.29 is 14.3 Å². The zero-order valence-corrected chi connectivity index (χ0v) is 14.7. The summed E-state index contributed by atoms with van der Waals surface area (Å²) in [6.07, 6.45) is 0. The van der Waals surface area contributed by atoms with Crippen molar-refractivity contribution in [1.29, 1.82) is 0 Å². The summed E-state index contributed by atoms with van der Waals surface area (Å²) in [5.74, 6) is 5.14. The van der Waals surface area contributed by atoms with E-state index in [1.165, 1.54) is 7.11 Å². The molecule has 2 aromatic carbocycles. The number of methoxy groups -OCH3 is 1. The second-order valence-corrected chi connectivity index (χ2v) is 5.59. The normalized spacial score (nSPS) is 12.1. The highest BCUT2D eigenvalue weighted by atomic mass is 16.5. The van der Waals surface area contributed by atoms with E-state index in [4.69, 9.17) is 4.74 Å². The van der Waals surface area contributed by atoms with Gasteiger partial charge in [0.05, 0.1) is 13.2 Å². The molecule has 0 spiro atoms. The van der Waals surface area contributed by atoms with Crippen LogP contribution in [0.1, 0.15) is 28.4 Å². The van der Waals surface area contributed by atoms with Gasteiger partial charge in [-0.2, -0.15) is 0 Å². The van der Waals surface area contributed by atoms with Crippen LogP contribution in [0.2, 0.25) is 0 Å². The number of esters is 1. The minimum absolute atomic E-state index is 0.390. The lowest BCUT2D eigenvalue weighted by Gasteiger charge is -2.19. The van der Waals surface area contributed by atoms with Gasteiger partial charge >= 0.3 is 5.97 Å². The van der Waals surface area contributed by atoms with E-state index in [-0.39, 0.29) is 0 Å². The van der Waals surface area contributed by atoms with Crippen LogP contribution in [0.4, 0.5) is 0 Å². The van der Waals surface area contributed by atoms with Gasteiger partial charge in [-0.25, -0.2) is 4.79 Å². The summed E-state index contributed by atoms with van der Waals surface area (Å²) in [5.41, 5.74) is 2.12. The molecular weight excluding hydrogens is 328 g/mol. The maximum absolute atomic E-state index is 12.4. The molecule has 1 amide bonds. The van der Waals surface area contributed by atoms with Crippen LogP contribution < -0.4 is 5.32 Å². The van der Waals surface area contributed by atoms with Crippen molar-refractivity contribution in [2.75, 3.05) is 7.11 Å². The summed E-state index contributed by atoms with van der Waals surface area (Å²) in [7, 11) is 1.26. The van der Waals surface area contributed by atoms with Gasteiger partial charge in [-0.15, -0.1) is 0 Å². The average Bonchev–Trinajstić information content (AvgIpc) is 2.70. The van der Waals surface area contributed by atoms with Crippen molar-refractivity contribution in [3.8, 4) is 11.8 Å². The molecule has 0 aliphatic carbocycles. The highest BCUT2D eigenvalue weighted by Crippen LogP contribution is 2.07. The van der Waals surface area contributed by atoms with Crippen LogP contribution in [0.5, 0.6) is 0 Å². The molecule has 132 valence electrons. The highest BCUT2D eigenvalue weighted by molar-refractivity contribution is 5.97. The number of nitrogens with zero attached hydrogens (tertiary/aromatic N) is 1. The van der Waals surface area contributed by atoms with Crippen molar-refractivity contribution in [3.63, 3.8) is 0 Å². The van der Waals surface area contributed by atoms with Crippen molar-refractivity contribution >= 4 is 18.6 Å².